The molecule has 0 aromatic carbocycles. The zero-order chi connectivity index (χ0) is 8.27. The number of rotatable bonds is 2. The number of hydrogen-bond acceptors (Lipinski definition) is 3. The van der Waals surface area contributed by atoms with Gasteiger partial charge in [0, 0.05) is 5.33 Å². The van der Waals surface area contributed by atoms with Crippen LogP contribution in [0, 0.1) is 0 Å². The first kappa shape index (κ1) is 8.33. The van der Waals surface area contributed by atoms with E-state index in [9.17, 15) is 4.79 Å². The van der Waals surface area contributed by atoms with Gasteiger partial charge in [0.2, 0.25) is 0 Å². The van der Waals surface area contributed by atoms with Gasteiger partial charge in [-0.05, 0) is 6.08 Å². The van der Waals surface area contributed by atoms with Crippen molar-refractivity contribution < 1.29 is 14.3 Å². The van der Waals surface area contributed by atoms with Crippen molar-refractivity contribution >= 4 is 21.9 Å². The lowest BCUT2D eigenvalue weighted by molar-refractivity contribution is -0.132. The van der Waals surface area contributed by atoms with Gasteiger partial charge in [0.15, 0.2) is 11.5 Å². The number of halogens is 1. The number of alkyl halides is 1. The molecular formula is C7H7BrO3. The van der Waals surface area contributed by atoms with Crippen LogP contribution >= 0.6 is 15.9 Å². The third-order valence-electron chi connectivity index (χ3n) is 1.18. The molecule has 0 bridgehead atoms. The van der Waals surface area contributed by atoms with E-state index < -0.39 is 0 Å². The molecule has 3 nitrogen and oxygen atoms in total. The van der Waals surface area contributed by atoms with Crippen molar-refractivity contribution in [2.45, 2.75) is 0 Å². The summed E-state index contributed by atoms with van der Waals surface area (Å²) in [6, 6.07) is 0. The zero-order valence-electron chi connectivity index (χ0n) is 5.96. The third-order valence-corrected chi connectivity index (χ3v) is 1.51. The Balaban J connectivity index is 2.79. The molecule has 0 amide bonds. The van der Waals surface area contributed by atoms with E-state index in [-0.39, 0.29) is 5.97 Å². The SMILES string of the molecule is COC1=CC(=O)O/C1=C\CBr. The van der Waals surface area contributed by atoms with Crippen LogP contribution in [0.3, 0.4) is 0 Å². The molecule has 0 N–H and O–H groups in total. The molecule has 0 fully saturated rings. The normalized spacial score (nSPS) is 20.0. The monoisotopic (exact) mass is 218 g/mol. The highest BCUT2D eigenvalue weighted by Crippen LogP contribution is 2.19. The fourth-order valence-electron chi connectivity index (χ4n) is 0.738. The van der Waals surface area contributed by atoms with Gasteiger partial charge >= 0.3 is 5.97 Å². The first-order valence-electron chi connectivity index (χ1n) is 3.02. The molecule has 0 atom stereocenters. The van der Waals surface area contributed by atoms with E-state index in [0.717, 1.165) is 0 Å². The summed E-state index contributed by atoms with van der Waals surface area (Å²) in [5, 5.41) is 0.635. The maximum absolute atomic E-state index is 10.7. The Morgan fingerprint density at radius 2 is 2.55 bits per heavy atom. The highest BCUT2D eigenvalue weighted by Gasteiger charge is 2.19. The van der Waals surface area contributed by atoms with E-state index in [2.05, 4.69) is 15.9 Å². The molecule has 1 heterocycles. The van der Waals surface area contributed by atoms with Crippen molar-refractivity contribution in [1.29, 1.82) is 0 Å². The molecule has 0 aromatic heterocycles. The van der Waals surface area contributed by atoms with E-state index in [1.807, 2.05) is 0 Å². The summed E-state index contributed by atoms with van der Waals surface area (Å²) in [5.74, 6) is 0.581. The molecule has 1 rings (SSSR count). The number of cyclic esters (lactones) is 1. The molecule has 0 radical (unpaired) electrons. The summed E-state index contributed by atoms with van der Waals surface area (Å²) in [5.41, 5.74) is 0. The predicted molar refractivity (Wildman–Crippen MR) is 43.1 cm³/mol. The lowest BCUT2D eigenvalue weighted by atomic mass is 10.4. The molecule has 0 unspecified atom stereocenters. The van der Waals surface area contributed by atoms with Gasteiger partial charge in [0.25, 0.3) is 0 Å². The Hall–Kier alpha value is -0.770. The topological polar surface area (TPSA) is 35.5 Å². The fraction of sp³-hybridized carbons (Fsp3) is 0.286. The third kappa shape index (κ3) is 1.83. The van der Waals surface area contributed by atoms with Crippen molar-refractivity contribution in [3.8, 4) is 0 Å². The Morgan fingerprint density at radius 1 is 1.82 bits per heavy atom. The minimum absolute atomic E-state index is 0.381. The van der Waals surface area contributed by atoms with Crippen molar-refractivity contribution in [2.75, 3.05) is 12.4 Å². The molecule has 0 aliphatic carbocycles. The Labute approximate surface area is 72.8 Å². The minimum atomic E-state index is -0.381. The minimum Gasteiger partial charge on any atom is -0.493 e. The summed E-state index contributed by atoms with van der Waals surface area (Å²) in [6.07, 6.45) is 3.04. The van der Waals surface area contributed by atoms with Gasteiger partial charge < -0.3 is 9.47 Å². The maximum Gasteiger partial charge on any atom is 0.340 e. The van der Waals surface area contributed by atoms with Gasteiger partial charge in [0.1, 0.15) is 0 Å². The second-order valence-electron chi connectivity index (χ2n) is 1.86. The lowest BCUT2D eigenvalue weighted by Gasteiger charge is -2.00. The summed E-state index contributed by atoms with van der Waals surface area (Å²) in [4.78, 5) is 10.7. The van der Waals surface area contributed by atoms with Crippen molar-refractivity contribution in [3.05, 3.63) is 23.7 Å². The summed E-state index contributed by atoms with van der Waals surface area (Å²) >= 11 is 3.19. The zero-order valence-corrected chi connectivity index (χ0v) is 7.55. The van der Waals surface area contributed by atoms with Crippen LogP contribution < -0.4 is 0 Å². The summed E-state index contributed by atoms with van der Waals surface area (Å²) < 4.78 is 9.65. The van der Waals surface area contributed by atoms with Gasteiger partial charge in [-0.2, -0.15) is 0 Å². The van der Waals surface area contributed by atoms with Crippen LogP contribution in [0.2, 0.25) is 0 Å². The van der Waals surface area contributed by atoms with Gasteiger partial charge in [-0.1, -0.05) is 15.9 Å². The highest BCUT2D eigenvalue weighted by atomic mass is 79.9. The average molecular weight is 219 g/mol. The molecular weight excluding hydrogens is 212 g/mol. The van der Waals surface area contributed by atoms with E-state index in [0.29, 0.717) is 16.8 Å². The maximum atomic E-state index is 10.7. The lowest BCUT2D eigenvalue weighted by Crippen LogP contribution is -1.92. The standard InChI is InChI=1S/C7H7BrO3/c1-10-6-4-7(9)11-5(6)2-3-8/h2,4H,3H2,1H3/b5-2-. The number of carbonyl (C=O) groups is 1. The number of allylic oxidation sites excluding steroid dienone is 1. The largest absolute Gasteiger partial charge is 0.493 e. The highest BCUT2D eigenvalue weighted by molar-refractivity contribution is 9.09. The quantitative estimate of drug-likeness (QED) is 0.519. The fourth-order valence-corrected chi connectivity index (χ4v) is 1.03. The van der Waals surface area contributed by atoms with E-state index in [1.54, 1.807) is 6.08 Å². The van der Waals surface area contributed by atoms with Gasteiger partial charge in [-0.15, -0.1) is 0 Å². The van der Waals surface area contributed by atoms with Crippen LogP contribution in [-0.2, 0) is 14.3 Å². The molecule has 0 saturated heterocycles. The van der Waals surface area contributed by atoms with Crippen LogP contribution in [-0.4, -0.2) is 18.4 Å². The molecule has 11 heavy (non-hydrogen) atoms. The molecule has 1 aliphatic rings. The number of carbonyl (C=O) groups excluding carboxylic acids is 1. The molecule has 1 aliphatic heterocycles. The van der Waals surface area contributed by atoms with E-state index >= 15 is 0 Å². The van der Waals surface area contributed by atoms with Crippen LogP contribution in [0.25, 0.3) is 0 Å². The predicted octanol–water partition coefficient (Wildman–Crippen LogP) is 1.35. The second-order valence-corrected chi connectivity index (χ2v) is 2.50. The van der Waals surface area contributed by atoms with Crippen LogP contribution in [0.4, 0.5) is 0 Å². The molecule has 0 saturated carbocycles. The van der Waals surface area contributed by atoms with Crippen LogP contribution in [0.15, 0.2) is 23.7 Å². The smallest absolute Gasteiger partial charge is 0.340 e. The second kappa shape index (κ2) is 3.57. The van der Waals surface area contributed by atoms with E-state index in [1.165, 1.54) is 13.2 Å². The number of esters is 1. The van der Waals surface area contributed by atoms with Gasteiger partial charge in [0.05, 0.1) is 13.2 Å². The van der Waals surface area contributed by atoms with Crippen molar-refractivity contribution in [2.24, 2.45) is 0 Å². The molecule has 0 aromatic rings. The molecule has 60 valence electrons. The molecule has 0 spiro atoms. The number of ether oxygens (including phenoxy) is 2. The van der Waals surface area contributed by atoms with Gasteiger partial charge in [-0.3, -0.25) is 0 Å². The van der Waals surface area contributed by atoms with Crippen LogP contribution in [0.1, 0.15) is 0 Å². The first-order valence-corrected chi connectivity index (χ1v) is 4.14. The number of hydrogen-bond donors (Lipinski definition) is 0. The molecule has 4 heteroatoms. The summed E-state index contributed by atoms with van der Waals surface area (Å²) in [7, 11) is 1.50. The Morgan fingerprint density at radius 3 is 3.09 bits per heavy atom. The van der Waals surface area contributed by atoms with Gasteiger partial charge in [-0.25, -0.2) is 4.79 Å². The Kier molecular flexibility index (Phi) is 2.70. The van der Waals surface area contributed by atoms with Crippen LogP contribution in [0.5, 0.6) is 0 Å². The summed E-state index contributed by atoms with van der Waals surface area (Å²) in [6.45, 7) is 0. The average Bonchev–Trinajstić information content (AvgIpc) is 2.32. The Bertz CT molecular complexity index is 230. The van der Waals surface area contributed by atoms with Crippen molar-refractivity contribution in [1.82, 2.24) is 0 Å². The number of methoxy groups -OCH3 is 1. The first-order chi connectivity index (χ1) is 5.27. The van der Waals surface area contributed by atoms with Crippen molar-refractivity contribution in [3.63, 3.8) is 0 Å². The van der Waals surface area contributed by atoms with E-state index in [4.69, 9.17) is 9.47 Å².